The SMILES string of the molecule is C=CCn1c(-c2cccnc2)nn(CN2CCc3sccc3[C@H]2C2CC2)c1=S. The molecule has 144 valence electrons. The summed E-state index contributed by atoms with van der Waals surface area (Å²) in [5, 5.41) is 7.14. The Hall–Kier alpha value is -2.09. The maximum atomic E-state index is 5.80. The first-order valence-corrected chi connectivity index (χ1v) is 11.0. The fraction of sp³-hybridized carbons (Fsp3) is 0.381. The van der Waals surface area contributed by atoms with Gasteiger partial charge in [-0.1, -0.05) is 6.08 Å². The first-order valence-electron chi connectivity index (χ1n) is 9.75. The van der Waals surface area contributed by atoms with Gasteiger partial charge in [-0.25, -0.2) is 4.68 Å². The minimum Gasteiger partial charge on any atom is -0.296 e. The number of allylic oxidation sites excluding steroid dienone is 1. The van der Waals surface area contributed by atoms with Crippen molar-refractivity contribution in [3.8, 4) is 11.4 Å². The summed E-state index contributed by atoms with van der Waals surface area (Å²) in [5.41, 5.74) is 2.51. The lowest BCUT2D eigenvalue weighted by Crippen LogP contribution is -2.37. The third-order valence-electron chi connectivity index (χ3n) is 5.66. The van der Waals surface area contributed by atoms with Crippen LogP contribution in [0.15, 0.2) is 48.6 Å². The van der Waals surface area contributed by atoms with Crippen molar-refractivity contribution < 1.29 is 0 Å². The molecule has 1 saturated carbocycles. The topological polar surface area (TPSA) is 38.9 Å². The Balaban J connectivity index is 1.50. The third-order valence-corrected chi connectivity index (χ3v) is 7.08. The van der Waals surface area contributed by atoms with E-state index in [9.17, 15) is 0 Å². The zero-order valence-corrected chi connectivity index (χ0v) is 17.3. The number of rotatable bonds is 6. The number of fused-ring (bicyclic) bond motifs is 1. The predicted molar refractivity (Wildman–Crippen MR) is 115 cm³/mol. The number of thiophene rings is 1. The van der Waals surface area contributed by atoms with Crippen molar-refractivity contribution in [3.05, 3.63) is 63.8 Å². The standard InChI is InChI=1S/C21H23N5S2/c1-2-10-25-20(16-4-3-9-22-13-16)23-26(21(25)27)14-24-11-7-18-17(8-12-28-18)19(24)15-5-6-15/h2-4,8-9,12-13,15,19H,1,5-7,10-11,14H2/t19-/m1/s1. The molecule has 2 aliphatic rings. The molecule has 0 N–H and O–H groups in total. The molecule has 0 saturated heterocycles. The van der Waals surface area contributed by atoms with Crippen molar-refractivity contribution in [3.63, 3.8) is 0 Å². The van der Waals surface area contributed by atoms with E-state index in [0.29, 0.717) is 12.6 Å². The Kier molecular flexibility index (Phi) is 4.74. The second-order valence-corrected chi connectivity index (χ2v) is 8.90. The highest BCUT2D eigenvalue weighted by Gasteiger charge is 2.40. The van der Waals surface area contributed by atoms with Gasteiger partial charge in [0.15, 0.2) is 10.6 Å². The van der Waals surface area contributed by atoms with Gasteiger partial charge < -0.3 is 0 Å². The molecule has 5 rings (SSSR count). The summed E-state index contributed by atoms with van der Waals surface area (Å²) in [6.07, 6.45) is 9.26. The Morgan fingerprint density at radius 3 is 2.96 bits per heavy atom. The number of pyridine rings is 1. The molecule has 0 amide bonds. The average Bonchev–Trinajstić information content (AvgIpc) is 3.37. The number of nitrogens with zero attached hydrogens (tertiary/aromatic N) is 5. The molecule has 0 unspecified atom stereocenters. The fourth-order valence-electron chi connectivity index (χ4n) is 4.23. The summed E-state index contributed by atoms with van der Waals surface area (Å²) in [5.74, 6) is 1.63. The van der Waals surface area contributed by atoms with E-state index >= 15 is 0 Å². The van der Waals surface area contributed by atoms with Gasteiger partial charge in [0, 0.05) is 42.0 Å². The van der Waals surface area contributed by atoms with Crippen LogP contribution >= 0.6 is 23.6 Å². The Morgan fingerprint density at radius 2 is 2.21 bits per heavy atom. The minimum atomic E-state index is 0.503. The molecule has 0 bridgehead atoms. The van der Waals surface area contributed by atoms with E-state index in [1.54, 1.807) is 11.1 Å². The molecule has 1 atom stereocenters. The summed E-state index contributed by atoms with van der Waals surface area (Å²) >= 11 is 7.70. The van der Waals surface area contributed by atoms with Gasteiger partial charge in [-0.2, -0.15) is 5.10 Å². The van der Waals surface area contributed by atoms with Gasteiger partial charge >= 0.3 is 0 Å². The van der Waals surface area contributed by atoms with Crippen molar-refractivity contribution in [2.24, 2.45) is 5.92 Å². The van der Waals surface area contributed by atoms with Crippen molar-refractivity contribution in [2.45, 2.75) is 38.5 Å². The van der Waals surface area contributed by atoms with Gasteiger partial charge in [0.2, 0.25) is 0 Å². The van der Waals surface area contributed by atoms with E-state index in [-0.39, 0.29) is 0 Å². The van der Waals surface area contributed by atoms with E-state index < -0.39 is 0 Å². The van der Waals surface area contributed by atoms with E-state index in [1.807, 2.05) is 45.0 Å². The van der Waals surface area contributed by atoms with E-state index in [4.69, 9.17) is 17.3 Å². The highest BCUT2D eigenvalue weighted by molar-refractivity contribution is 7.71. The van der Waals surface area contributed by atoms with Crippen LogP contribution < -0.4 is 0 Å². The average molecular weight is 410 g/mol. The second-order valence-electron chi connectivity index (χ2n) is 7.53. The van der Waals surface area contributed by atoms with Crippen LogP contribution in [0.2, 0.25) is 0 Å². The molecule has 3 aromatic heterocycles. The molecule has 4 heterocycles. The largest absolute Gasteiger partial charge is 0.296 e. The van der Waals surface area contributed by atoms with Crippen molar-refractivity contribution in [1.82, 2.24) is 24.2 Å². The fourth-order valence-corrected chi connectivity index (χ4v) is 5.40. The van der Waals surface area contributed by atoms with Crippen LogP contribution in [0.25, 0.3) is 11.4 Å². The number of hydrogen-bond acceptors (Lipinski definition) is 5. The minimum absolute atomic E-state index is 0.503. The highest BCUT2D eigenvalue weighted by Crippen LogP contribution is 2.48. The lowest BCUT2D eigenvalue weighted by atomic mass is 9.96. The maximum Gasteiger partial charge on any atom is 0.199 e. The first-order chi connectivity index (χ1) is 13.8. The summed E-state index contributed by atoms with van der Waals surface area (Å²) in [4.78, 5) is 8.38. The molecule has 1 fully saturated rings. The van der Waals surface area contributed by atoms with Crippen LogP contribution in [0.3, 0.4) is 0 Å². The number of hydrogen-bond donors (Lipinski definition) is 0. The van der Waals surface area contributed by atoms with Crippen molar-refractivity contribution in [2.75, 3.05) is 6.54 Å². The molecule has 0 aromatic carbocycles. The van der Waals surface area contributed by atoms with Crippen LogP contribution in [0.5, 0.6) is 0 Å². The second kappa shape index (κ2) is 7.39. The van der Waals surface area contributed by atoms with Crippen LogP contribution in [0.1, 0.15) is 29.3 Å². The summed E-state index contributed by atoms with van der Waals surface area (Å²) in [6, 6.07) is 6.79. The Labute approximate surface area is 174 Å². The van der Waals surface area contributed by atoms with Crippen LogP contribution in [0.4, 0.5) is 0 Å². The summed E-state index contributed by atoms with van der Waals surface area (Å²) < 4.78 is 4.77. The lowest BCUT2D eigenvalue weighted by Gasteiger charge is -2.35. The molecule has 5 nitrogen and oxygen atoms in total. The number of aromatic nitrogens is 4. The molecule has 7 heteroatoms. The van der Waals surface area contributed by atoms with Gasteiger partial charge in [0.25, 0.3) is 0 Å². The quantitative estimate of drug-likeness (QED) is 0.437. The Bertz CT molecular complexity index is 1040. The summed E-state index contributed by atoms with van der Waals surface area (Å²) in [6.45, 7) is 6.32. The first kappa shape index (κ1) is 18.0. The smallest absolute Gasteiger partial charge is 0.199 e. The van der Waals surface area contributed by atoms with Gasteiger partial charge in [0.05, 0.1) is 6.67 Å². The van der Waals surface area contributed by atoms with Crippen LogP contribution in [-0.2, 0) is 19.6 Å². The van der Waals surface area contributed by atoms with Crippen LogP contribution in [0, 0.1) is 10.7 Å². The molecular weight excluding hydrogens is 386 g/mol. The van der Waals surface area contributed by atoms with Gasteiger partial charge in [-0.3, -0.25) is 14.5 Å². The maximum absolute atomic E-state index is 5.80. The molecule has 28 heavy (non-hydrogen) atoms. The Morgan fingerprint density at radius 1 is 1.32 bits per heavy atom. The molecule has 0 spiro atoms. The van der Waals surface area contributed by atoms with Crippen LogP contribution in [-0.4, -0.2) is 30.8 Å². The van der Waals surface area contributed by atoms with Gasteiger partial charge in [-0.05, 0) is 66.5 Å². The van der Waals surface area contributed by atoms with E-state index in [0.717, 1.165) is 41.7 Å². The zero-order chi connectivity index (χ0) is 19.1. The van der Waals surface area contributed by atoms with Crippen molar-refractivity contribution >= 4 is 23.6 Å². The monoisotopic (exact) mass is 409 g/mol. The highest BCUT2D eigenvalue weighted by atomic mass is 32.1. The molecule has 1 aliphatic carbocycles. The summed E-state index contributed by atoms with van der Waals surface area (Å²) in [7, 11) is 0. The molecule has 3 aromatic rings. The van der Waals surface area contributed by atoms with Crippen molar-refractivity contribution in [1.29, 1.82) is 0 Å². The molecule has 1 aliphatic heterocycles. The zero-order valence-electron chi connectivity index (χ0n) is 15.7. The normalized spacial score (nSPS) is 19.5. The van der Waals surface area contributed by atoms with E-state index in [2.05, 4.69) is 27.9 Å². The predicted octanol–water partition coefficient (Wildman–Crippen LogP) is 4.69. The molecular formula is C21H23N5S2. The van der Waals surface area contributed by atoms with Gasteiger partial charge in [0.1, 0.15) is 0 Å². The van der Waals surface area contributed by atoms with E-state index in [1.165, 1.54) is 18.4 Å². The van der Waals surface area contributed by atoms with Gasteiger partial charge in [-0.15, -0.1) is 17.9 Å². The lowest BCUT2D eigenvalue weighted by molar-refractivity contribution is 0.117. The third kappa shape index (κ3) is 3.17. The molecule has 0 radical (unpaired) electrons.